The van der Waals surface area contributed by atoms with Crippen LogP contribution in [-0.4, -0.2) is 32.8 Å². The van der Waals surface area contributed by atoms with Crippen LogP contribution in [0.4, 0.5) is 5.69 Å². The summed E-state index contributed by atoms with van der Waals surface area (Å²) in [6.07, 6.45) is 0. The van der Waals surface area contributed by atoms with Crippen LogP contribution in [0.1, 0.15) is 0 Å². The first kappa shape index (κ1) is 13.6. The minimum Gasteiger partial charge on any atom is -0.482 e. The highest BCUT2D eigenvalue weighted by Crippen LogP contribution is 2.26. The lowest BCUT2D eigenvalue weighted by Gasteiger charge is -2.08. The summed E-state index contributed by atoms with van der Waals surface area (Å²) in [6.45, 7) is 0.829. The third-order valence-corrected chi connectivity index (χ3v) is 2.24. The molecule has 0 saturated heterocycles. The third-order valence-electron chi connectivity index (χ3n) is 1.94. The number of hydrogen-bond acceptors (Lipinski definition) is 4. The molecule has 94 valence electrons. The lowest BCUT2D eigenvalue weighted by atomic mass is 10.3. The minimum absolute atomic E-state index is 0.0899. The summed E-state index contributed by atoms with van der Waals surface area (Å²) in [7, 11) is 1.57. The van der Waals surface area contributed by atoms with Crippen LogP contribution in [0, 0.1) is 0 Å². The molecule has 1 amide bonds. The standard InChI is InChI=1S/C11H15ClN2O3/c1-16-5-4-14-11(15)7-17-10-3-2-8(13)6-9(10)12/h2-3,6H,4-5,7,13H2,1H3,(H,14,15). The fourth-order valence-corrected chi connectivity index (χ4v) is 1.36. The van der Waals surface area contributed by atoms with Gasteiger partial charge < -0.3 is 20.5 Å². The summed E-state index contributed by atoms with van der Waals surface area (Å²) in [5.41, 5.74) is 6.08. The fourth-order valence-electron chi connectivity index (χ4n) is 1.12. The molecule has 0 aliphatic carbocycles. The first-order valence-electron chi connectivity index (χ1n) is 5.07. The van der Waals surface area contributed by atoms with E-state index in [1.165, 1.54) is 0 Å². The van der Waals surface area contributed by atoms with Gasteiger partial charge in [-0.2, -0.15) is 0 Å². The number of anilines is 1. The van der Waals surface area contributed by atoms with Crippen molar-refractivity contribution in [3.05, 3.63) is 23.2 Å². The Morgan fingerprint density at radius 2 is 2.29 bits per heavy atom. The molecular formula is C11H15ClN2O3. The quantitative estimate of drug-likeness (QED) is 0.591. The van der Waals surface area contributed by atoms with Gasteiger partial charge in [-0.05, 0) is 18.2 Å². The second-order valence-corrected chi connectivity index (χ2v) is 3.73. The number of methoxy groups -OCH3 is 1. The van der Waals surface area contributed by atoms with Crippen LogP contribution in [0.2, 0.25) is 5.02 Å². The molecule has 0 fully saturated rings. The van der Waals surface area contributed by atoms with Crippen molar-refractivity contribution in [2.45, 2.75) is 0 Å². The van der Waals surface area contributed by atoms with Gasteiger partial charge in [0.05, 0.1) is 11.6 Å². The number of hydrogen-bond donors (Lipinski definition) is 2. The molecule has 0 atom stereocenters. The van der Waals surface area contributed by atoms with Crippen LogP contribution in [-0.2, 0) is 9.53 Å². The van der Waals surface area contributed by atoms with E-state index in [0.29, 0.717) is 29.6 Å². The highest BCUT2D eigenvalue weighted by Gasteiger charge is 2.05. The zero-order valence-corrected chi connectivity index (χ0v) is 10.3. The van der Waals surface area contributed by atoms with Gasteiger partial charge in [-0.3, -0.25) is 4.79 Å². The Balaban J connectivity index is 2.37. The van der Waals surface area contributed by atoms with Crippen LogP contribution >= 0.6 is 11.6 Å². The van der Waals surface area contributed by atoms with Crippen molar-refractivity contribution >= 4 is 23.2 Å². The Bertz CT molecular complexity index is 385. The zero-order chi connectivity index (χ0) is 12.7. The summed E-state index contributed by atoms with van der Waals surface area (Å²) in [5.74, 6) is 0.206. The monoisotopic (exact) mass is 258 g/mol. The molecule has 0 unspecified atom stereocenters. The summed E-state index contributed by atoms with van der Waals surface area (Å²) < 4.78 is 10.0. The molecule has 6 heteroatoms. The van der Waals surface area contributed by atoms with Gasteiger partial charge in [-0.25, -0.2) is 0 Å². The molecule has 3 N–H and O–H groups in total. The van der Waals surface area contributed by atoms with Crippen LogP contribution in [0.15, 0.2) is 18.2 Å². The molecule has 0 heterocycles. The van der Waals surface area contributed by atoms with Gasteiger partial charge in [-0.1, -0.05) is 11.6 Å². The molecule has 0 spiro atoms. The second-order valence-electron chi connectivity index (χ2n) is 3.32. The van der Waals surface area contributed by atoms with Crippen molar-refractivity contribution in [3.8, 4) is 5.75 Å². The van der Waals surface area contributed by atoms with Crippen molar-refractivity contribution in [3.63, 3.8) is 0 Å². The Morgan fingerprint density at radius 3 is 2.94 bits per heavy atom. The maximum Gasteiger partial charge on any atom is 0.258 e. The molecule has 1 aromatic rings. The number of amides is 1. The van der Waals surface area contributed by atoms with Crippen molar-refractivity contribution in [1.82, 2.24) is 5.32 Å². The number of nitrogens with two attached hydrogens (primary N) is 1. The van der Waals surface area contributed by atoms with Gasteiger partial charge in [0.2, 0.25) is 0 Å². The highest BCUT2D eigenvalue weighted by molar-refractivity contribution is 6.32. The van der Waals surface area contributed by atoms with Gasteiger partial charge in [0.25, 0.3) is 5.91 Å². The molecule has 1 rings (SSSR count). The number of nitrogen functional groups attached to an aromatic ring is 1. The molecule has 0 bridgehead atoms. The lowest BCUT2D eigenvalue weighted by Crippen LogP contribution is -2.31. The number of rotatable bonds is 6. The fraction of sp³-hybridized carbons (Fsp3) is 0.364. The predicted molar refractivity (Wildman–Crippen MR) is 66.2 cm³/mol. The zero-order valence-electron chi connectivity index (χ0n) is 9.53. The normalized spacial score (nSPS) is 10.0. The predicted octanol–water partition coefficient (Wildman–Crippen LogP) is 1.06. The average Bonchev–Trinajstić information content (AvgIpc) is 2.28. The molecular weight excluding hydrogens is 244 g/mol. The van der Waals surface area contributed by atoms with Gasteiger partial charge in [0.1, 0.15) is 5.75 Å². The molecule has 0 radical (unpaired) electrons. The van der Waals surface area contributed by atoms with Crippen LogP contribution in [0.3, 0.4) is 0 Å². The van der Waals surface area contributed by atoms with Crippen molar-refractivity contribution in [2.24, 2.45) is 0 Å². The third kappa shape index (κ3) is 4.93. The molecule has 1 aromatic carbocycles. The van der Waals surface area contributed by atoms with Crippen LogP contribution in [0.25, 0.3) is 0 Å². The number of ether oxygens (including phenoxy) is 2. The van der Waals surface area contributed by atoms with E-state index in [1.807, 2.05) is 0 Å². The molecule has 5 nitrogen and oxygen atoms in total. The Labute approximate surface area is 105 Å². The lowest BCUT2D eigenvalue weighted by molar-refractivity contribution is -0.123. The molecule has 17 heavy (non-hydrogen) atoms. The average molecular weight is 259 g/mol. The van der Waals surface area contributed by atoms with E-state index in [1.54, 1.807) is 25.3 Å². The topological polar surface area (TPSA) is 73.6 Å². The smallest absolute Gasteiger partial charge is 0.258 e. The number of nitrogens with one attached hydrogen (secondary N) is 1. The number of carbonyl (C=O) groups is 1. The van der Waals surface area contributed by atoms with E-state index in [4.69, 9.17) is 26.8 Å². The van der Waals surface area contributed by atoms with Crippen LogP contribution < -0.4 is 15.8 Å². The van der Waals surface area contributed by atoms with E-state index in [9.17, 15) is 4.79 Å². The summed E-state index contributed by atoms with van der Waals surface area (Å²) in [4.78, 5) is 11.3. The molecule has 0 aromatic heterocycles. The number of halogens is 1. The van der Waals surface area contributed by atoms with E-state index >= 15 is 0 Å². The summed E-state index contributed by atoms with van der Waals surface area (Å²) in [6, 6.07) is 4.85. The van der Waals surface area contributed by atoms with E-state index < -0.39 is 0 Å². The van der Waals surface area contributed by atoms with Crippen molar-refractivity contribution < 1.29 is 14.3 Å². The molecule has 0 aliphatic heterocycles. The maximum atomic E-state index is 11.3. The largest absolute Gasteiger partial charge is 0.482 e. The highest BCUT2D eigenvalue weighted by atomic mass is 35.5. The van der Waals surface area contributed by atoms with Gasteiger partial charge >= 0.3 is 0 Å². The Hall–Kier alpha value is -1.46. The molecule has 0 saturated carbocycles. The van der Waals surface area contributed by atoms with Crippen molar-refractivity contribution in [1.29, 1.82) is 0 Å². The van der Waals surface area contributed by atoms with E-state index in [-0.39, 0.29) is 12.5 Å². The van der Waals surface area contributed by atoms with E-state index in [2.05, 4.69) is 5.32 Å². The van der Waals surface area contributed by atoms with E-state index in [0.717, 1.165) is 0 Å². The Morgan fingerprint density at radius 1 is 1.53 bits per heavy atom. The SMILES string of the molecule is COCCNC(=O)COc1ccc(N)cc1Cl. The van der Waals surface area contributed by atoms with Crippen LogP contribution in [0.5, 0.6) is 5.75 Å². The Kier molecular flexibility index (Phi) is 5.59. The number of benzene rings is 1. The van der Waals surface area contributed by atoms with Gasteiger partial charge in [0, 0.05) is 19.3 Å². The summed E-state index contributed by atoms with van der Waals surface area (Å²) >= 11 is 5.88. The minimum atomic E-state index is -0.227. The first-order chi connectivity index (χ1) is 8.13. The van der Waals surface area contributed by atoms with Gasteiger partial charge in [-0.15, -0.1) is 0 Å². The van der Waals surface area contributed by atoms with Gasteiger partial charge in [0.15, 0.2) is 6.61 Å². The maximum absolute atomic E-state index is 11.3. The first-order valence-corrected chi connectivity index (χ1v) is 5.44. The van der Waals surface area contributed by atoms with Crippen molar-refractivity contribution in [2.75, 3.05) is 32.6 Å². The summed E-state index contributed by atoms with van der Waals surface area (Å²) in [5, 5.41) is 3.01. The molecule has 0 aliphatic rings. The second kappa shape index (κ2) is 6.98. The number of carbonyl (C=O) groups excluding carboxylic acids is 1.